The number of benzene rings is 1. The van der Waals surface area contributed by atoms with Gasteiger partial charge in [-0.1, -0.05) is 36.4 Å². The molecule has 1 aliphatic rings. The molecule has 1 aromatic heterocycles. The molecule has 0 unspecified atom stereocenters. The van der Waals surface area contributed by atoms with Crippen molar-refractivity contribution in [2.75, 3.05) is 26.7 Å². The largest absolute Gasteiger partial charge is 0.342 e. The minimum absolute atomic E-state index is 0.0935. The number of sulfonamides is 1. The summed E-state index contributed by atoms with van der Waals surface area (Å²) in [6.45, 7) is 0.738. The Kier molecular flexibility index (Phi) is 6.08. The van der Waals surface area contributed by atoms with Crippen LogP contribution in [0.5, 0.6) is 0 Å². The Morgan fingerprint density at radius 3 is 2.37 bits per heavy atom. The minimum atomic E-state index is -3.64. The summed E-state index contributed by atoms with van der Waals surface area (Å²) < 4.78 is 26.2. The number of piperidine rings is 1. The standard InChI is InChI=1S/C19H22N2O4S2/c1-20(27(24,25)18-8-5-13-26-18)14-17(22)21-11-9-16(10-12-21)19(23)15-6-3-2-4-7-15/h2-8,13,16H,9-12,14H2,1H3. The molecule has 1 fully saturated rings. The summed E-state index contributed by atoms with van der Waals surface area (Å²) in [5.74, 6) is -0.215. The topological polar surface area (TPSA) is 74.8 Å². The molecular weight excluding hydrogens is 384 g/mol. The van der Waals surface area contributed by atoms with Crippen molar-refractivity contribution in [3.05, 3.63) is 53.4 Å². The molecule has 2 aromatic rings. The zero-order chi connectivity index (χ0) is 19.4. The normalized spacial score (nSPS) is 15.9. The molecule has 3 rings (SSSR count). The van der Waals surface area contributed by atoms with Crippen molar-refractivity contribution in [2.45, 2.75) is 17.1 Å². The second-order valence-corrected chi connectivity index (χ2v) is 9.80. The van der Waals surface area contributed by atoms with E-state index >= 15 is 0 Å². The predicted octanol–water partition coefficient (Wildman–Crippen LogP) is 2.49. The molecule has 0 aliphatic carbocycles. The Morgan fingerprint density at radius 1 is 1.11 bits per heavy atom. The molecule has 6 nitrogen and oxygen atoms in total. The number of thiophene rings is 1. The van der Waals surface area contributed by atoms with Crippen LogP contribution in [0.25, 0.3) is 0 Å². The molecule has 144 valence electrons. The maximum atomic E-state index is 12.5. The van der Waals surface area contributed by atoms with E-state index in [1.807, 2.05) is 30.3 Å². The van der Waals surface area contributed by atoms with Crippen LogP contribution < -0.4 is 0 Å². The molecule has 1 saturated heterocycles. The van der Waals surface area contributed by atoms with E-state index in [4.69, 9.17) is 0 Å². The highest BCUT2D eigenvalue weighted by Gasteiger charge is 2.30. The molecule has 27 heavy (non-hydrogen) atoms. The van der Waals surface area contributed by atoms with Gasteiger partial charge >= 0.3 is 0 Å². The predicted molar refractivity (Wildman–Crippen MR) is 104 cm³/mol. The Labute approximate surface area is 163 Å². The van der Waals surface area contributed by atoms with Crippen molar-refractivity contribution < 1.29 is 18.0 Å². The van der Waals surface area contributed by atoms with Crippen LogP contribution >= 0.6 is 11.3 Å². The highest BCUT2D eigenvalue weighted by atomic mass is 32.2. The van der Waals surface area contributed by atoms with E-state index in [-0.39, 0.29) is 28.4 Å². The van der Waals surface area contributed by atoms with Gasteiger partial charge in [0.1, 0.15) is 4.21 Å². The second-order valence-electron chi connectivity index (χ2n) is 6.58. The van der Waals surface area contributed by atoms with E-state index in [0.29, 0.717) is 31.5 Å². The average Bonchev–Trinajstić information content (AvgIpc) is 3.24. The fraction of sp³-hybridized carbons (Fsp3) is 0.368. The molecule has 0 radical (unpaired) electrons. The number of amides is 1. The van der Waals surface area contributed by atoms with Crippen LogP contribution in [0.2, 0.25) is 0 Å². The van der Waals surface area contributed by atoms with Crippen LogP contribution in [-0.4, -0.2) is 56.0 Å². The minimum Gasteiger partial charge on any atom is -0.342 e. The van der Waals surface area contributed by atoms with Gasteiger partial charge in [-0.05, 0) is 24.3 Å². The van der Waals surface area contributed by atoms with Gasteiger partial charge in [0.2, 0.25) is 5.91 Å². The maximum Gasteiger partial charge on any atom is 0.252 e. The fourth-order valence-corrected chi connectivity index (χ4v) is 5.49. The van der Waals surface area contributed by atoms with Crippen molar-refractivity contribution in [3.63, 3.8) is 0 Å². The van der Waals surface area contributed by atoms with E-state index in [9.17, 15) is 18.0 Å². The lowest BCUT2D eigenvalue weighted by atomic mass is 9.89. The van der Waals surface area contributed by atoms with Crippen molar-refractivity contribution in [1.29, 1.82) is 0 Å². The molecule has 0 saturated carbocycles. The lowest BCUT2D eigenvalue weighted by molar-refractivity contribution is -0.132. The number of hydrogen-bond acceptors (Lipinski definition) is 5. The van der Waals surface area contributed by atoms with E-state index in [1.165, 1.54) is 13.1 Å². The van der Waals surface area contributed by atoms with Gasteiger partial charge in [-0.15, -0.1) is 11.3 Å². The number of ketones is 1. The van der Waals surface area contributed by atoms with Gasteiger partial charge in [-0.25, -0.2) is 8.42 Å². The number of carbonyl (C=O) groups excluding carboxylic acids is 2. The molecule has 2 heterocycles. The van der Waals surface area contributed by atoms with Crippen molar-refractivity contribution >= 4 is 33.1 Å². The summed E-state index contributed by atoms with van der Waals surface area (Å²) in [5, 5.41) is 1.69. The van der Waals surface area contributed by atoms with E-state index < -0.39 is 10.0 Å². The first-order valence-corrected chi connectivity index (χ1v) is 11.1. The Balaban J connectivity index is 1.55. The Morgan fingerprint density at radius 2 is 1.78 bits per heavy atom. The van der Waals surface area contributed by atoms with Crippen LogP contribution in [0, 0.1) is 5.92 Å². The summed E-state index contributed by atoms with van der Waals surface area (Å²) in [7, 11) is -2.22. The molecule has 0 atom stereocenters. The number of carbonyl (C=O) groups is 2. The van der Waals surface area contributed by atoms with Crippen LogP contribution in [0.3, 0.4) is 0 Å². The number of nitrogens with zero attached hydrogens (tertiary/aromatic N) is 2. The second kappa shape index (κ2) is 8.33. The third kappa shape index (κ3) is 4.45. The van der Waals surface area contributed by atoms with Gasteiger partial charge in [0.15, 0.2) is 5.78 Å². The molecule has 1 amide bonds. The average molecular weight is 407 g/mol. The van der Waals surface area contributed by atoms with Crippen LogP contribution in [-0.2, 0) is 14.8 Å². The van der Waals surface area contributed by atoms with Crippen LogP contribution in [0.15, 0.2) is 52.1 Å². The molecule has 0 spiro atoms. The van der Waals surface area contributed by atoms with E-state index in [1.54, 1.807) is 16.3 Å². The number of Topliss-reactive ketones (excluding diaryl/α,β-unsaturated/α-hetero) is 1. The SMILES string of the molecule is CN(CC(=O)N1CCC(C(=O)c2ccccc2)CC1)S(=O)(=O)c1cccs1. The summed E-state index contributed by atoms with van der Waals surface area (Å²) in [6, 6.07) is 12.4. The van der Waals surface area contributed by atoms with Gasteiger partial charge in [0, 0.05) is 31.6 Å². The third-order valence-electron chi connectivity index (χ3n) is 4.79. The van der Waals surface area contributed by atoms with Gasteiger partial charge in [0.25, 0.3) is 10.0 Å². The zero-order valence-corrected chi connectivity index (χ0v) is 16.7. The maximum absolute atomic E-state index is 12.5. The fourth-order valence-electron chi connectivity index (χ4n) is 3.17. The summed E-state index contributed by atoms with van der Waals surface area (Å²) in [4.78, 5) is 26.7. The molecular formula is C19H22N2O4S2. The van der Waals surface area contributed by atoms with Gasteiger partial charge in [0.05, 0.1) is 6.54 Å². The molecule has 1 aliphatic heterocycles. The van der Waals surface area contributed by atoms with E-state index in [0.717, 1.165) is 15.6 Å². The first kappa shape index (κ1) is 19.7. The molecule has 8 heteroatoms. The molecule has 0 N–H and O–H groups in total. The monoisotopic (exact) mass is 406 g/mol. The third-order valence-corrected chi connectivity index (χ3v) is 7.97. The Hall–Kier alpha value is -2.03. The smallest absolute Gasteiger partial charge is 0.252 e. The lowest BCUT2D eigenvalue weighted by Crippen LogP contribution is -2.45. The van der Waals surface area contributed by atoms with Gasteiger partial charge < -0.3 is 4.90 Å². The first-order valence-electron chi connectivity index (χ1n) is 8.76. The number of hydrogen-bond donors (Lipinski definition) is 0. The first-order chi connectivity index (χ1) is 12.9. The highest BCUT2D eigenvalue weighted by Crippen LogP contribution is 2.23. The quantitative estimate of drug-likeness (QED) is 0.691. The Bertz CT molecular complexity index is 887. The van der Waals surface area contributed by atoms with Crippen molar-refractivity contribution in [1.82, 2.24) is 9.21 Å². The van der Waals surface area contributed by atoms with E-state index in [2.05, 4.69) is 0 Å². The highest BCUT2D eigenvalue weighted by molar-refractivity contribution is 7.91. The van der Waals surface area contributed by atoms with Crippen LogP contribution in [0.4, 0.5) is 0 Å². The summed E-state index contributed by atoms with van der Waals surface area (Å²) in [5.41, 5.74) is 0.698. The summed E-state index contributed by atoms with van der Waals surface area (Å²) >= 11 is 1.13. The molecule has 0 bridgehead atoms. The lowest BCUT2D eigenvalue weighted by Gasteiger charge is -2.32. The number of likely N-dealkylation sites (tertiary alicyclic amines) is 1. The van der Waals surface area contributed by atoms with Crippen molar-refractivity contribution in [2.24, 2.45) is 5.92 Å². The van der Waals surface area contributed by atoms with Crippen molar-refractivity contribution in [3.8, 4) is 0 Å². The van der Waals surface area contributed by atoms with Crippen LogP contribution in [0.1, 0.15) is 23.2 Å². The van der Waals surface area contributed by atoms with Gasteiger partial charge in [-0.2, -0.15) is 4.31 Å². The summed E-state index contributed by atoms with van der Waals surface area (Å²) in [6.07, 6.45) is 1.20. The number of likely N-dealkylation sites (N-methyl/N-ethyl adjacent to an activating group) is 1. The van der Waals surface area contributed by atoms with Gasteiger partial charge in [-0.3, -0.25) is 9.59 Å². The zero-order valence-electron chi connectivity index (χ0n) is 15.1. The molecule has 1 aromatic carbocycles. The number of rotatable bonds is 6.